The Labute approximate surface area is 92.6 Å². The maximum absolute atomic E-state index is 5.13. The molecule has 0 atom stereocenters. The van der Waals surface area contributed by atoms with Crippen molar-refractivity contribution in [2.24, 2.45) is 7.05 Å². The van der Waals surface area contributed by atoms with Crippen LogP contribution in [0.2, 0.25) is 0 Å². The summed E-state index contributed by atoms with van der Waals surface area (Å²) in [6.45, 7) is 0.643. The fraction of sp³-hybridized carbons (Fsp3) is 0.500. The lowest BCUT2D eigenvalue weighted by Gasteiger charge is -1.94. The Balaban J connectivity index is 1.71. The van der Waals surface area contributed by atoms with Crippen LogP contribution in [0.1, 0.15) is 18.7 Å². The van der Waals surface area contributed by atoms with Crippen molar-refractivity contribution in [3.63, 3.8) is 0 Å². The Hall–Kier alpha value is -1.69. The number of aryl methyl sites for hydroxylation is 1. The molecule has 0 bridgehead atoms. The lowest BCUT2D eigenvalue weighted by molar-refractivity contribution is 0.367. The van der Waals surface area contributed by atoms with Crippen molar-refractivity contribution in [1.29, 1.82) is 0 Å². The molecular formula is C10H13N5O. The zero-order valence-electron chi connectivity index (χ0n) is 9.05. The smallest absolute Gasteiger partial charge is 0.240 e. The molecule has 6 heteroatoms. The zero-order valence-corrected chi connectivity index (χ0v) is 9.05. The first kappa shape index (κ1) is 9.53. The highest BCUT2D eigenvalue weighted by Gasteiger charge is 2.21. The molecule has 3 rings (SSSR count). The average Bonchev–Trinajstić information content (AvgIpc) is 2.81. The van der Waals surface area contributed by atoms with Crippen LogP contribution in [0.4, 0.5) is 0 Å². The van der Waals surface area contributed by atoms with E-state index in [-0.39, 0.29) is 0 Å². The Kier molecular flexibility index (Phi) is 2.21. The number of hydrogen-bond acceptors (Lipinski definition) is 5. The Morgan fingerprint density at radius 1 is 1.56 bits per heavy atom. The molecule has 0 amide bonds. The van der Waals surface area contributed by atoms with E-state index < -0.39 is 0 Å². The predicted molar refractivity (Wildman–Crippen MR) is 56.4 cm³/mol. The van der Waals surface area contributed by atoms with Crippen LogP contribution in [-0.4, -0.2) is 26.0 Å². The van der Waals surface area contributed by atoms with Crippen molar-refractivity contribution in [2.75, 3.05) is 0 Å². The van der Waals surface area contributed by atoms with Crippen molar-refractivity contribution < 1.29 is 4.52 Å². The molecule has 0 radical (unpaired) electrons. The third-order valence-corrected chi connectivity index (χ3v) is 2.53. The van der Waals surface area contributed by atoms with Gasteiger partial charge < -0.3 is 9.84 Å². The van der Waals surface area contributed by atoms with Gasteiger partial charge >= 0.3 is 0 Å². The predicted octanol–water partition coefficient (Wildman–Crippen LogP) is 0.722. The van der Waals surface area contributed by atoms with E-state index in [9.17, 15) is 0 Å². The van der Waals surface area contributed by atoms with Gasteiger partial charge in [-0.3, -0.25) is 4.68 Å². The van der Waals surface area contributed by atoms with E-state index in [1.807, 2.05) is 19.3 Å². The zero-order chi connectivity index (χ0) is 11.0. The molecule has 1 fully saturated rings. The van der Waals surface area contributed by atoms with Gasteiger partial charge in [-0.25, -0.2) is 0 Å². The van der Waals surface area contributed by atoms with Gasteiger partial charge in [-0.05, 0) is 18.9 Å². The second kappa shape index (κ2) is 3.71. The molecule has 2 aromatic heterocycles. The second-order valence-electron chi connectivity index (χ2n) is 4.04. The highest BCUT2D eigenvalue weighted by Crippen LogP contribution is 2.19. The minimum absolute atomic E-state index is 0.549. The normalized spacial score (nSPS) is 15.6. The van der Waals surface area contributed by atoms with Crippen LogP contribution in [0, 0.1) is 0 Å². The van der Waals surface area contributed by atoms with Crippen LogP contribution < -0.4 is 5.32 Å². The molecule has 1 aliphatic carbocycles. The quantitative estimate of drug-likeness (QED) is 0.820. The number of nitrogens with one attached hydrogen (secondary N) is 1. The van der Waals surface area contributed by atoms with Crippen molar-refractivity contribution in [1.82, 2.24) is 25.2 Å². The van der Waals surface area contributed by atoms with Crippen LogP contribution in [0.3, 0.4) is 0 Å². The van der Waals surface area contributed by atoms with E-state index in [0.29, 0.717) is 24.3 Å². The number of hydrogen-bond donors (Lipinski definition) is 1. The maximum Gasteiger partial charge on any atom is 0.240 e. The van der Waals surface area contributed by atoms with Crippen LogP contribution >= 0.6 is 0 Å². The molecule has 0 unspecified atom stereocenters. The number of nitrogens with zero attached hydrogens (tertiary/aromatic N) is 4. The highest BCUT2D eigenvalue weighted by molar-refractivity contribution is 5.46. The third-order valence-electron chi connectivity index (χ3n) is 2.53. The molecule has 0 saturated heterocycles. The van der Waals surface area contributed by atoms with Crippen molar-refractivity contribution in [3.8, 4) is 11.5 Å². The van der Waals surface area contributed by atoms with Gasteiger partial charge in [0.25, 0.3) is 0 Å². The van der Waals surface area contributed by atoms with E-state index in [2.05, 4.69) is 20.6 Å². The van der Waals surface area contributed by atoms with Gasteiger partial charge in [-0.2, -0.15) is 10.1 Å². The largest absolute Gasteiger partial charge is 0.337 e. The Morgan fingerprint density at radius 2 is 2.44 bits per heavy atom. The summed E-state index contributed by atoms with van der Waals surface area (Å²) < 4.78 is 6.85. The summed E-state index contributed by atoms with van der Waals surface area (Å²) in [5, 5.41) is 11.4. The van der Waals surface area contributed by atoms with E-state index in [1.165, 1.54) is 12.8 Å². The monoisotopic (exact) mass is 219 g/mol. The van der Waals surface area contributed by atoms with Crippen molar-refractivity contribution in [3.05, 3.63) is 18.2 Å². The number of rotatable bonds is 4. The molecule has 0 aromatic carbocycles. The fourth-order valence-electron chi connectivity index (χ4n) is 1.48. The minimum Gasteiger partial charge on any atom is -0.337 e. The van der Waals surface area contributed by atoms with Crippen LogP contribution in [-0.2, 0) is 13.6 Å². The Bertz CT molecular complexity index is 485. The molecular weight excluding hydrogens is 206 g/mol. The van der Waals surface area contributed by atoms with E-state index in [4.69, 9.17) is 4.52 Å². The lowest BCUT2D eigenvalue weighted by Crippen LogP contribution is -2.15. The summed E-state index contributed by atoms with van der Waals surface area (Å²) >= 11 is 0. The standard InChI is InChI=1S/C10H13N5O/c1-15-5-4-8(13-15)10-12-9(16-14-10)6-11-7-2-3-7/h4-5,7,11H,2-3,6H2,1H3. The van der Waals surface area contributed by atoms with Crippen LogP contribution in [0.15, 0.2) is 16.8 Å². The van der Waals surface area contributed by atoms with E-state index in [0.717, 1.165) is 5.69 Å². The first-order chi connectivity index (χ1) is 7.81. The van der Waals surface area contributed by atoms with Crippen LogP contribution in [0.5, 0.6) is 0 Å². The minimum atomic E-state index is 0.549. The van der Waals surface area contributed by atoms with Gasteiger partial charge in [0.2, 0.25) is 11.7 Å². The highest BCUT2D eigenvalue weighted by atomic mass is 16.5. The summed E-state index contributed by atoms with van der Waals surface area (Å²) in [4.78, 5) is 4.28. The first-order valence-corrected chi connectivity index (χ1v) is 5.37. The molecule has 2 aromatic rings. The molecule has 1 saturated carbocycles. The summed E-state index contributed by atoms with van der Waals surface area (Å²) in [5.41, 5.74) is 0.740. The average molecular weight is 219 g/mol. The molecule has 84 valence electrons. The number of aromatic nitrogens is 4. The summed E-state index contributed by atoms with van der Waals surface area (Å²) in [7, 11) is 1.86. The van der Waals surface area contributed by atoms with Crippen molar-refractivity contribution in [2.45, 2.75) is 25.4 Å². The third kappa shape index (κ3) is 1.96. The Morgan fingerprint density at radius 3 is 3.12 bits per heavy atom. The SMILES string of the molecule is Cn1ccc(-c2noc(CNC3CC3)n2)n1. The van der Waals surface area contributed by atoms with E-state index in [1.54, 1.807) is 4.68 Å². The lowest BCUT2D eigenvalue weighted by atomic mass is 10.4. The first-order valence-electron chi connectivity index (χ1n) is 5.37. The molecule has 6 nitrogen and oxygen atoms in total. The van der Waals surface area contributed by atoms with Gasteiger partial charge in [0.15, 0.2) is 0 Å². The maximum atomic E-state index is 5.13. The van der Waals surface area contributed by atoms with Gasteiger partial charge in [0.05, 0.1) is 6.54 Å². The summed E-state index contributed by atoms with van der Waals surface area (Å²) in [6, 6.07) is 2.51. The molecule has 1 aliphatic rings. The van der Waals surface area contributed by atoms with Gasteiger partial charge in [-0.15, -0.1) is 0 Å². The molecule has 16 heavy (non-hydrogen) atoms. The van der Waals surface area contributed by atoms with Crippen LogP contribution in [0.25, 0.3) is 11.5 Å². The molecule has 1 N–H and O–H groups in total. The summed E-state index contributed by atoms with van der Waals surface area (Å²) in [5.74, 6) is 1.17. The molecule has 2 heterocycles. The van der Waals surface area contributed by atoms with E-state index >= 15 is 0 Å². The topological polar surface area (TPSA) is 68.8 Å². The second-order valence-corrected chi connectivity index (χ2v) is 4.04. The molecule has 0 spiro atoms. The molecule has 0 aliphatic heterocycles. The van der Waals surface area contributed by atoms with Gasteiger partial charge in [0.1, 0.15) is 5.69 Å². The summed E-state index contributed by atoms with van der Waals surface area (Å²) in [6.07, 6.45) is 4.36. The van der Waals surface area contributed by atoms with Gasteiger partial charge in [0, 0.05) is 19.3 Å². The fourth-order valence-corrected chi connectivity index (χ4v) is 1.48. The van der Waals surface area contributed by atoms with Crippen molar-refractivity contribution >= 4 is 0 Å². The van der Waals surface area contributed by atoms with Gasteiger partial charge in [-0.1, -0.05) is 5.16 Å².